The van der Waals surface area contributed by atoms with Gasteiger partial charge in [0.15, 0.2) is 17.1 Å². The largest absolute Gasteiger partial charge is 0.483 e. The molecule has 30 heavy (non-hydrogen) atoms. The minimum Gasteiger partial charge on any atom is -0.483 e. The fourth-order valence-corrected chi connectivity index (χ4v) is 3.93. The van der Waals surface area contributed by atoms with Gasteiger partial charge in [0.1, 0.15) is 5.75 Å². The summed E-state index contributed by atoms with van der Waals surface area (Å²) in [4.78, 5) is 12.2. The van der Waals surface area contributed by atoms with Crippen LogP contribution < -0.4 is 10.1 Å². The third kappa shape index (κ3) is 5.28. The molecule has 0 saturated carbocycles. The van der Waals surface area contributed by atoms with E-state index in [4.69, 9.17) is 27.9 Å². The average Bonchev–Trinajstić information content (AvgIpc) is 3.07. The van der Waals surface area contributed by atoms with E-state index in [1.165, 1.54) is 11.8 Å². The molecule has 0 radical (unpaired) electrons. The molecule has 0 aliphatic carbocycles. The van der Waals surface area contributed by atoms with Crippen molar-refractivity contribution >= 4 is 46.6 Å². The maximum Gasteiger partial charge on any atom is 0.234 e. The molecule has 1 aromatic heterocycles. The Morgan fingerprint density at radius 1 is 1.20 bits per heavy atom. The second kappa shape index (κ2) is 9.73. The second-order valence-electron chi connectivity index (χ2n) is 6.85. The highest BCUT2D eigenvalue weighted by Gasteiger charge is 2.19. The molecule has 0 aliphatic rings. The van der Waals surface area contributed by atoms with Crippen molar-refractivity contribution in [1.29, 1.82) is 0 Å². The smallest absolute Gasteiger partial charge is 0.234 e. The zero-order chi connectivity index (χ0) is 21.8. The molecule has 1 unspecified atom stereocenters. The van der Waals surface area contributed by atoms with Gasteiger partial charge < -0.3 is 14.6 Å². The highest BCUT2D eigenvalue weighted by Crippen LogP contribution is 2.29. The highest BCUT2D eigenvalue weighted by atomic mass is 35.5. The molecule has 9 heteroatoms. The molecule has 0 saturated heterocycles. The number of benzene rings is 2. The number of anilines is 1. The molecule has 1 atom stereocenters. The summed E-state index contributed by atoms with van der Waals surface area (Å²) in [6, 6.07) is 10.9. The van der Waals surface area contributed by atoms with Crippen LogP contribution in [0.3, 0.4) is 0 Å². The van der Waals surface area contributed by atoms with Crippen molar-refractivity contribution in [2.45, 2.75) is 32.0 Å². The van der Waals surface area contributed by atoms with E-state index in [9.17, 15) is 4.79 Å². The third-order valence-electron chi connectivity index (χ3n) is 4.44. The zero-order valence-electron chi connectivity index (χ0n) is 17.1. The van der Waals surface area contributed by atoms with E-state index in [1.54, 1.807) is 12.1 Å². The van der Waals surface area contributed by atoms with Gasteiger partial charge in [0.25, 0.3) is 0 Å². The molecule has 2 aromatic carbocycles. The van der Waals surface area contributed by atoms with E-state index in [0.717, 1.165) is 21.9 Å². The van der Waals surface area contributed by atoms with Crippen LogP contribution >= 0.6 is 35.0 Å². The van der Waals surface area contributed by atoms with Crippen LogP contribution in [0.1, 0.15) is 30.0 Å². The number of nitrogens with zero attached hydrogens (tertiary/aromatic N) is 3. The van der Waals surface area contributed by atoms with Crippen molar-refractivity contribution in [3.8, 4) is 5.75 Å². The molecule has 0 bridgehead atoms. The lowest BCUT2D eigenvalue weighted by Gasteiger charge is -2.16. The van der Waals surface area contributed by atoms with Gasteiger partial charge in [0.2, 0.25) is 5.91 Å². The Labute approximate surface area is 189 Å². The maximum atomic E-state index is 12.2. The minimum absolute atomic E-state index is 0.172. The number of carbonyl (C=O) groups excluding carboxylic acids is 1. The Kier molecular flexibility index (Phi) is 7.28. The predicted octanol–water partition coefficient (Wildman–Crippen LogP) is 5.61. The van der Waals surface area contributed by atoms with Gasteiger partial charge in [-0.15, -0.1) is 10.2 Å². The van der Waals surface area contributed by atoms with Crippen LogP contribution in [0.15, 0.2) is 41.6 Å². The number of ether oxygens (including phenoxy) is 1. The Balaban J connectivity index is 1.62. The summed E-state index contributed by atoms with van der Waals surface area (Å²) in [6.07, 6.45) is -0.325. The minimum atomic E-state index is -0.325. The number of amides is 1. The predicted molar refractivity (Wildman–Crippen MR) is 122 cm³/mol. The number of rotatable bonds is 7. The van der Waals surface area contributed by atoms with E-state index < -0.39 is 0 Å². The second-order valence-corrected chi connectivity index (χ2v) is 8.58. The molecular weight excluding hydrogens is 443 g/mol. The van der Waals surface area contributed by atoms with Crippen molar-refractivity contribution in [2.24, 2.45) is 7.05 Å². The van der Waals surface area contributed by atoms with E-state index in [1.807, 2.05) is 56.7 Å². The van der Waals surface area contributed by atoms with Crippen molar-refractivity contribution in [1.82, 2.24) is 14.8 Å². The summed E-state index contributed by atoms with van der Waals surface area (Å²) in [5, 5.41) is 13.1. The number of halogens is 2. The highest BCUT2D eigenvalue weighted by molar-refractivity contribution is 7.99. The third-order valence-corrected chi connectivity index (χ3v) is 6.38. The molecule has 0 fully saturated rings. The fraction of sp³-hybridized carbons (Fsp3) is 0.286. The molecular formula is C21H22Cl2N4O2S. The van der Waals surface area contributed by atoms with Gasteiger partial charge in [-0.2, -0.15) is 0 Å². The van der Waals surface area contributed by atoms with E-state index in [-0.39, 0.29) is 17.8 Å². The molecule has 1 heterocycles. The summed E-state index contributed by atoms with van der Waals surface area (Å²) in [6.45, 7) is 5.79. The van der Waals surface area contributed by atoms with Crippen molar-refractivity contribution < 1.29 is 9.53 Å². The Hall–Kier alpha value is -2.22. The monoisotopic (exact) mass is 464 g/mol. The van der Waals surface area contributed by atoms with Gasteiger partial charge in [-0.3, -0.25) is 4.79 Å². The summed E-state index contributed by atoms with van der Waals surface area (Å²) < 4.78 is 7.87. The van der Waals surface area contributed by atoms with Crippen molar-refractivity contribution in [2.75, 3.05) is 11.1 Å². The maximum absolute atomic E-state index is 12.2. The summed E-state index contributed by atoms with van der Waals surface area (Å²) in [5.74, 6) is 1.39. The van der Waals surface area contributed by atoms with E-state index >= 15 is 0 Å². The average molecular weight is 465 g/mol. The SMILES string of the molecule is Cc1cc(OC(C)c2nnc(SCC(=O)Nc3ccccc3Cl)n2C)cc(C)c1Cl. The first-order chi connectivity index (χ1) is 14.3. The topological polar surface area (TPSA) is 69.0 Å². The number of carbonyl (C=O) groups is 1. The lowest BCUT2D eigenvalue weighted by Crippen LogP contribution is -2.15. The first kappa shape index (κ1) is 22.5. The molecule has 158 valence electrons. The van der Waals surface area contributed by atoms with Gasteiger partial charge in [0.05, 0.1) is 16.5 Å². The zero-order valence-corrected chi connectivity index (χ0v) is 19.4. The first-order valence-electron chi connectivity index (χ1n) is 9.26. The van der Waals surface area contributed by atoms with Crippen LogP contribution in [0.5, 0.6) is 5.75 Å². The normalized spacial score (nSPS) is 11.9. The van der Waals surface area contributed by atoms with Crippen LogP contribution in [-0.4, -0.2) is 26.4 Å². The number of hydrogen-bond donors (Lipinski definition) is 1. The van der Waals surface area contributed by atoms with Crippen LogP contribution in [0.2, 0.25) is 10.0 Å². The van der Waals surface area contributed by atoms with Crippen LogP contribution in [0, 0.1) is 13.8 Å². The van der Waals surface area contributed by atoms with Gasteiger partial charge in [-0.1, -0.05) is 47.1 Å². The van der Waals surface area contributed by atoms with Crippen molar-refractivity contribution in [3.05, 3.63) is 63.4 Å². The first-order valence-corrected chi connectivity index (χ1v) is 11.0. The number of aryl methyl sites for hydroxylation is 2. The molecule has 1 N–H and O–H groups in total. The number of aromatic nitrogens is 3. The quantitative estimate of drug-likeness (QED) is 0.460. The van der Waals surface area contributed by atoms with Crippen LogP contribution in [-0.2, 0) is 11.8 Å². The molecule has 3 rings (SSSR count). The van der Waals surface area contributed by atoms with Crippen LogP contribution in [0.25, 0.3) is 0 Å². The van der Waals surface area contributed by atoms with E-state index in [2.05, 4.69) is 15.5 Å². The van der Waals surface area contributed by atoms with Crippen molar-refractivity contribution in [3.63, 3.8) is 0 Å². The van der Waals surface area contributed by atoms with Gasteiger partial charge in [-0.05, 0) is 56.2 Å². The van der Waals surface area contributed by atoms with E-state index in [0.29, 0.717) is 21.7 Å². The Bertz CT molecular complexity index is 1050. The van der Waals surface area contributed by atoms with Gasteiger partial charge >= 0.3 is 0 Å². The molecule has 0 aliphatic heterocycles. The molecule has 3 aromatic rings. The van der Waals surface area contributed by atoms with Gasteiger partial charge in [-0.25, -0.2) is 0 Å². The standard InChI is InChI=1S/C21H22Cl2N4O2S/c1-12-9-15(10-13(2)19(12)23)29-14(3)20-25-26-21(27(20)4)30-11-18(28)24-17-8-6-5-7-16(17)22/h5-10,14H,11H2,1-4H3,(H,24,28). The lowest BCUT2D eigenvalue weighted by molar-refractivity contribution is -0.113. The molecule has 0 spiro atoms. The number of hydrogen-bond acceptors (Lipinski definition) is 5. The molecule has 1 amide bonds. The fourth-order valence-electron chi connectivity index (χ4n) is 2.92. The number of nitrogens with one attached hydrogen (secondary N) is 1. The van der Waals surface area contributed by atoms with Crippen LogP contribution in [0.4, 0.5) is 5.69 Å². The Morgan fingerprint density at radius 3 is 2.53 bits per heavy atom. The number of para-hydroxylation sites is 1. The summed E-state index contributed by atoms with van der Waals surface area (Å²) in [5.41, 5.74) is 2.49. The lowest BCUT2D eigenvalue weighted by atomic mass is 10.1. The molecule has 6 nitrogen and oxygen atoms in total. The number of thioether (sulfide) groups is 1. The Morgan fingerprint density at radius 2 is 1.87 bits per heavy atom. The summed E-state index contributed by atoms with van der Waals surface area (Å²) >= 11 is 13.6. The summed E-state index contributed by atoms with van der Waals surface area (Å²) in [7, 11) is 1.85. The van der Waals surface area contributed by atoms with Gasteiger partial charge in [0, 0.05) is 12.1 Å².